The Morgan fingerprint density at radius 3 is 2.67 bits per heavy atom. The van der Waals surface area contributed by atoms with Crippen LogP contribution < -0.4 is 0 Å². The average molecular weight is 261 g/mol. The third-order valence-corrected chi connectivity index (χ3v) is 3.02. The number of aliphatic hydroxyl groups excluding tert-OH is 1. The average Bonchev–Trinajstić information content (AvgIpc) is 2.63. The van der Waals surface area contributed by atoms with Crippen molar-refractivity contribution in [2.24, 2.45) is 5.92 Å². The predicted molar refractivity (Wildman–Crippen MR) is 67.1 cm³/mol. The molecule has 1 heterocycles. The molecule has 1 aliphatic heterocycles. The lowest BCUT2D eigenvalue weighted by Gasteiger charge is -2.24. The minimum atomic E-state index is -1.21. The van der Waals surface area contributed by atoms with Crippen LogP contribution in [0.25, 0.3) is 0 Å². The normalized spacial score (nSPS) is 23.9. The highest BCUT2D eigenvalue weighted by Gasteiger charge is 2.31. The second kappa shape index (κ2) is 5.87. The van der Waals surface area contributed by atoms with Gasteiger partial charge in [-0.05, 0) is 46.5 Å². The molecule has 0 saturated carbocycles. The molecule has 0 aromatic carbocycles. The summed E-state index contributed by atoms with van der Waals surface area (Å²) in [5, 5.41) is 9.13. The molecular weight excluding hydrogens is 237 g/mol. The van der Waals surface area contributed by atoms with Gasteiger partial charge in [0.1, 0.15) is 11.8 Å². The van der Waals surface area contributed by atoms with E-state index >= 15 is 0 Å². The minimum absolute atomic E-state index is 0.113. The summed E-state index contributed by atoms with van der Waals surface area (Å²) in [6.07, 6.45) is -1.42. The van der Waals surface area contributed by atoms with E-state index < -0.39 is 17.9 Å². The SMILES string of the molecule is CC(O)C(F)CC1CCN(C(=O)OC(C)(C)C)C1. The number of ether oxygens (including phenoxy) is 1. The molecule has 106 valence electrons. The lowest BCUT2D eigenvalue weighted by molar-refractivity contribution is 0.0280. The Morgan fingerprint density at radius 1 is 1.56 bits per heavy atom. The monoisotopic (exact) mass is 261 g/mol. The van der Waals surface area contributed by atoms with Gasteiger partial charge in [-0.2, -0.15) is 0 Å². The zero-order valence-corrected chi connectivity index (χ0v) is 11.6. The predicted octanol–water partition coefficient (Wildman–Crippen LogP) is 2.35. The number of nitrogens with zero attached hydrogens (tertiary/aromatic N) is 1. The van der Waals surface area contributed by atoms with Gasteiger partial charge in [0, 0.05) is 13.1 Å². The van der Waals surface area contributed by atoms with Crippen LogP contribution in [-0.4, -0.2) is 47.1 Å². The number of rotatable bonds is 3. The largest absolute Gasteiger partial charge is 0.444 e. The topological polar surface area (TPSA) is 49.8 Å². The van der Waals surface area contributed by atoms with Crippen molar-refractivity contribution in [2.45, 2.75) is 58.4 Å². The number of hydrogen-bond acceptors (Lipinski definition) is 3. The Labute approximate surface area is 108 Å². The van der Waals surface area contributed by atoms with Gasteiger partial charge in [0.2, 0.25) is 0 Å². The summed E-state index contributed by atoms with van der Waals surface area (Å²) in [4.78, 5) is 13.4. The smallest absolute Gasteiger partial charge is 0.410 e. The number of carbonyl (C=O) groups excluding carboxylic acids is 1. The molecular formula is C13H24FNO3. The number of carbonyl (C=O) groups is 1. The van der Waals surface area contributed by atoms with Crippen molar-refractivity contribution >= 4 is 6.09 Å². The Bertz CT molecular complexity index is 288. The van der Waals surface area contributed by atoms with Crippen LogP contribution in [0.15, 0.2) is 0 Å². The van der Waals surface area contributed by atoms with Crippen molar-refractivity contribution in [3.05, 3.63) is 0 Å². The van der Waals surface area contributed by atoms with E-state index in [-0.39, 0.29) is 12.0 Å². The van der Waals surface area contributed by atoms with E-state index in [0.717, 1.165) is 6.42 Å². The number of likely N-dealkylation sites (tertiary alicyclic amines) is 1. The molecule has 0 aliphatic carbocycles. The first-order chi connectivity index (χ1) is 8.19. The van der Waals surface area contributed by atoms with Crippen LogP contribution in [0.4, 0.5) is 9.18 Å². The van der Waals surface area contributed by atoms with Crippen LogP contribution in [0, 0.1) is 5.92 Å². The molecule has 5 heteroatoms. The third-order valence-electron chi connectivity index (χ3n) is 3.02. The first-order valence-corrected chi connectivity index (χ1v) is 6.49. The molecule has 3 atom stereocenters. The van der Waals surface area contributed by atoms with Crippen molar-refractivity contribution in [3.63, 3.8) is 0 Å². The second-order valence-corrected chi connectivity index (χ2v) is 6.07. The van der Waals surface area contributed by atoms with Crippen molar-refractivity contribution in [2.75, 3.05) is 13.1 Å². The van der Waals surface area contributed by atoms with Gasteiger partial charge in [0.05, 0.1) is 6.10 Å². The molecule has 0 aromatic heterocycles. The first kappa shape index (κ1) is 15.2. The van der Waals surface area contributed by atoms with Crippen LogP contribution >= 0.6 is 0 Å². The van der Waals surface area contributed by atoms with E-state index in [4.69, 9.17) is 9.84 Å². The second-order valence-electron chi connectivity index (χ2n) is 6.07. The van der Waals surface area contributed by atoms with Crippen LogP contribution in [-0.2, 0) is 4.74 Å². The molecule has 0 spiro atoms. The quantitative estimate of drug-likeness (QED) is 0.848. The highest BCUT2D eigenvalue weighted by Crippen LogP contribution is 2.24. The van der Waals surface area contributed by atoms with Crippen molar-refractivity contribution < 1.29 is 19.0 Å². The van der Waals surface area contributed by atoms with Crippen LogP contribution in [0.5, 0.6) is 0 Å². The number of amides is 1. The molecule has 1 aliphatic rings. The van der Waals surface area contributed by atoms with E-state index in [2.05, 4.69) is 0 Å². The van der Waals surface area contributed by atoms with Gasteiger partial charge in [-0.1, -0.05) is 0 Å². The summed E-state index contributed by atoms with van der Waals surface area (Å²) in [5.41, 5.74) is -0.503. The summed E-state index contributed by atoms with van der Waals surface area (Å²) in [7, 11) is 0. The van der Waals surface area contributed by atoms with Gasteiger partial charge in [-0.3, -0.25) is 0 Å². The zero-order chi connectivity index (χ0) is 13.9. The molecule has 0 aromatic rings. The Hall–Kier alpha value is -0.840. The van der Waals surface area contributed by atoms with E-state index in [9.17, 15) is 9.18 Å². The van der Waals surface area contributed by atoms with E-state index in [1.807, 2.05) is 20.8 Å². The molecule has 1 fully saturated rings. The van der Waals surface area contributed by atoms with Crippen molar-refractivity contribution in [3.8, 4) is 0 Å². The Kier molecular flexibility index (Phi) is 4.96. The van der Waals surface area contributed by atoms with Crippen LogP contribution in [0.1, 0.15) is 40.5 Å². The maximum absolute atomic E-state index is 13.4. The standard InChI is InChI=1S/C13H24FNO3/c1-9(16)11(14)7-10-5-6-15(8-10)12(17)18-13(2,3)4/h9-11,16H,5-8H2,1-4H3. The highest BCUT2D eigenvalue weighted by molar-refractivity contribution is 5.68. The zero-order valence-electron chi connectivity index (χ0n) is 11.6. The number of halogens is 1. The Morgan fingerprint density at radius 2 is 2.17 bits per heavy atom. The van der Waals surface area contributed by atoms with Gasteiger partial charge < -0.3 is 14.7 Å². The number of alkyl halides is 1. The molecule has 4 nitrogen and oxygen atoms in total. The summed E-state index contributed by atoms with van der Waals surface area (Å²) in [6, 6.07) is 0. The lowest BCUT2D eigenvalue weighted by atomic mass is 9.99. The summed E-state index contributed by atoms with van der Waals surface area (Å²) < 4.78 is 18.7. The highest BCUT2D eigenvalue weighted by atomic mass is 19.1. The molecule has 3 unspecified atom stereocenters. The summed E-state index contributed by atoms with van der Waals surface area (Å²) in [5.74, 6) is 0.113. The summed E-state index contributed by atoms with van der Waals surface area (Å²) >= 11 is 0. The van der Waals surface area contributed by atoms with E-state index in [1.165, 1.54) is 6.92 Å². The number of hydrogen-bond donors (Lipinski definition) is 1. The van der Waals surface area contributed by atoms with Crippen LogP contribution in [0.3, 0.4) is 0 Å². The fourth-order valence-corrected chi connectivity index (χ4v) is 2.03. The van der Waals surface area contributed by atoms with Gasteiger partial charge in [0.25, 0.3) is 0 Å². The maximum Gasteiger partial charge on any atom is 0.410 e. The molecule has 1 N–H and O–H groups in total. The first-order valence-electron chi connectivity index (χ1n) is 6.49. The lowest BCUT2D eigenvalue weighted by Crippen LogP contribution is -2.35. The van der Waals surface area contributed by atoms with Gasteiger partial charge in [-0.25, -0.2) is 9.18 Å². The van der Waals surface area contributed by atoms with Crippen molar-refractivity contribution in [1.29, 1.82) is 0 Å². The third kappa shape index (κ3) is 4.80. The fraction of sp³-hybridized carbons (Fsp3) is 0.923. The molecule has 1 rings (SSSR count). The van der Waals surface area contributed by atoms with Crippen molar-refractivity contribution in [1.82, 2.24) is 4.90 Å². The van der Waals surface area contributed by atoms with Crippen LogP contribution in [0.2, 0.25) is 0 Å². The molecule has 1 saturated heterocycles. The Balaban J connectivity index is 2.39. The van der Waals surface area contributed by atoms with Gasteiger partial charge >= 0.3 is 6.09 Å². The molecule has 18 heavy (non-hydrogen) atoms. The summed E-state index contributed by atoms with van der Waals surface area (Å²) in [6.45, 7) is 8.04. The minimum Gasteiger partial charge on any atom is -0.444 e. The molecule has 0 radical (unpaired) electrons. The van der Waals surface area contributed by atoms with Gasteiger partial charge in [0.15, 0.2) is 0 Å². The fourth-order valence-electron chi connectivity index (χ4n) is 2.03. The maximum atomic E-state index is 13.4. The molecule has 1 amide bonds. The van der Waals surface area contributed by atoms with Gasteiger partial charge in [-0.15, -0.1) is 0 Å². The van der Waals surface area contributed by atoms with E-state index in [0.29, 0.717) is 19.5 Å². The van der Waals surface area contributed by atoms with E-state index in [1.54, 1.807) is 4.90 Å². The molecule has 0 bridgehead atoms. The number of aliphatic hydroxyl groups is 1.